The maximum absolute atomic E-state index is 5.82. The van der Waals surface area contributed by atoms with Gasteiger partial charge in [0.1, 0.15) is 5.82 Å². The fourth-order valence-corrected chi connectivity index (χ4v) is 2.33. The highest BCUT2D eigenvalue weighted by molar-refractivity contribution is 5.43. The molecule has 21 heavy (non-hydrogen) atoms. The zero-order chi connectivity index (χ0) is 14.8. The molecule has 0 aliphatic carbocycles. The van der Waals surface area contributed by atoms with E-state index in [0.29, 0.717) is 24.9 Å². The van der Waals surface area contributed by atoms with Gasteiger partial charge >= 0.3 is 0 Å². The van der Waals surface area contributed by atoms with Crippen LogP contribution < -0.4 is 10.6 Å². The molecule has 8 heteroatoms. The van der Waals surface area contributed by atoms with Gasteiger partial charge in [0.15, 0.2) is 0 Å². The highest BCUT2D eigenvalue weighted by atomic mass is 16.5. The molecular weight excluding hydrogens is 272 g/mol. The average molecular weight is 290 g/mol. The maximum Gasteiger partial charge on any atom is 0.235 e. The van der Waals surface area contributed by atoms with E-state index < -0.39 is 0 Å². The van der Waals surface area contributed by atoms with Crippen molar-refractivity contribution < 1.29 is 9.15 Å². The smallest absolute Gasteiger partial charge is 0.235 e. The molecule has 1 fully saturated rings. The molecule has 2 aromatic heterocycles. The van der Waals surface area contributed by atoms with Gasteiger partial charge in [-0.1, -0.05) is 0 Å². The first-order chi connectivity index (χ1) is 10.1. The molecule has 0 radical (unpaired) electrons. The van der Waals surface area contributed by atoms with Crippen molar-refractivity contribution in [2.24, 2.45) is 0 Å². The minimum Gasteiger partial charge on any atom is -0.424 e. The Morgan fingerprint density at radius 1 is 1.38 bits per heavy atom. The second-order valence-electron chi connectivity index (χ2n) is 5.14. The number of nitrogen functional groups attached to an aromatic ring is 1. The fourth-order valence-electron chi connectivity index (χ4n) is 2.33. The Hall–Kier alpha value is -2.22. The number of nitrogens with two attached hydrogens (primary N) is 1. The molecule has 3 rings (SSSR count). The molecule has 1 aliphatic heterocycles. The highest BCUT2D eigenvalue weighted by Gasteiger charge is 2.21. The molecular formula is C13H18N6O2. The quantitative estimate of drug-likeness (QED) is 0.885. The van der Waals surface area contributed by atoms with E-state index in [1.165, 1.54) is 0 Å². The molecule has 2 aromatic rings. The van der Waals surface area contributed by atoms with Gasteiger partial charge in [-0.05, 0) is 6.42 Å². The molecule has 1 atom stereocenters. The van der Waals surface area contributed by atoms with Gasteiger partial charge in [0.2, 0.25) is 17.7 Å². The number of ether oxygens (including phenoxy) is 1. The van der Waals surface area contributed by atoms with Crippen LogP contribution in [0.3, 0.4) is 0 Å². The minimum atomic E-state index is 0.267. The van der Waals surface area contributed by atoms with Crippen LogP contribution in [-0.4, -0.2) is 40.4 Å². The van der Waals surface area contributed by atoms with Crippen LogP contribution in [0.2, 0.25) is 0 Å². The molecule has 0 spiro atoms. The molecule has 1 saturated heterocycles. The number of nitrogens with zero attached hydrogens (tertiary/aromatic N) is 5. The van der Waals surface area contributed by atoms with Crippen molar-refractivity contribution in [2.75, 3.05) is 30.9 Å². The molecule has 1 unspecified atom stereocenters. The van der Waals surface area contributed by atoms with E-state index in [2.05, 4.69) is 20.2 Å². The number of rotatable bonds is 4. The van der Waals surface area contributed by atoms with E-state index in [4.69, 9.17) is 14.9 Å². The van der Waals surface area contributed by atoms with Crippen molar-refractivity contribution in [3.05, 3.63) is 23.5 Å². The third-order valence-electron chi connectivity index (χ3n) is 3.43. The number of hydrogen-bond acceptors (Lipinski definition) is 8. The van der Waals surface area contributed by atoms with Gasteiger partial charge in [0.05, 0.1) is 18.8 Å². The van der Waals surface area contributed by atoms with E-state index >= 15 is 0 Å². The van der Waals surface area contributed by atoms with E-state index in [0.717, 1.165) is 24.5 Å². The SMILES string of the molecule is Cc1nnc(CN(C)c2cc(C3CCOC3)nc(N)n2)o1. The summed E-state index contributed by atoms with van der Waals surface area (Å²) in [6, 6.07) is 1.94. The summed E-state index contributed by atoms with van der Waals surface area (Å²) in [6.07, 6.45) is 0.961. The lowest BCUT2D eigenvalue weighted by atomic mass is 10.0. The van der Waals surface area contributed by atoms with Crippen LogP contribution in [0.25, 0.3) is 0 Å². The maximum atomic E-state index is 5.82. The average Bonchev–Trinajstić information content (AvgIpc) is 3.10. The molecule has 0 aromatic carbocycles. The van der Waals surface area contributed by atoms with Crippen LogP contribution in [0.4, 0.5) is 11.8 Å². The van der Waals surface area contributed by atoms with E-state index in [-0.39, 0.29) is 11.9 Å². The summed E-state index contributed by atoms with van der Waals surface area (Å²) in [5.74, 6) is 2.37. The first kappa shape index (κ1) is 13.7. The Labute approximate surface area is 122 Å². The molecule has 0 amide bonds. The number of aromatic nitrogens is 4. The summed E-state index contributed by atoms with van der Waals surface area (Å²) in [4.78, 5) is 10.5. The van der Waals surface area contributed by atoms with Crippen LogP contribution in [0.5, 0.6) is 0 Å². The highest BCUT2D eigenvalue weighted by Crippen LogP contribution is 2.26. The molecule has 1 aliphatic rings. The monoisotopic (exact) mass is 290 g/mol. The predicted octanol–water partition coefficient (Wildman–Crippen LogP) is 0.891. The predicted molar refractivity (Wildman–Crippen MR) is 75.8 cm³/mol. The summed E-state index contributed by atoms with van der Waals surface area (Å²) in [5, 5.41) is 7.79. The lowest BCUT2D eigenvalue weighted by Crippen LogP contribution is -2.20. The van der Waals surface area contributed by atoms with Crippen molar-refractivity contribution in [3.8, 4) is 0 Å². The van der Waals surface area contributed by atoms with Gasteiger partial charge in [0.25, 0.3) is 0 Å². The molecule has 0 bridgehead atoms. The third kappa shape index (κ3) is 3.10. The van der Waals surface area contributed by atoms with Crippen molar-refractivity contribution >= 4 is 11.8 Å². The zero-order valence-electron chi connectivity index (χ0n) is 12.1. The van der Waals surface area contributed by atoms with Gasteiger partial charge in [0, 0.05) is 32.6 Å². The Morgan fingerprint density at radius 2 is 2.24 bits per heavy atom. The summed E-state index contributed by atoms with van der Waals surface area (Å²) in [5.41, 5.74) is 6.74. The Morgan fingerprint density at radius 3 is 2.90 bits per heavy atom. The molecule has 0 saturated carbocycles. The topological polar surface area (TPSA) is 103 Å². The molecule has 3 heterocycles. The largest absolute Gasteiger partial charge is 0.424 e. The third-order valence-corrected chi connectivity index (χ3v) is 3.43. The Balaban J connectivity index is 1.80. The van der Waals surface area contributed by atoms with Gasteiger partial charge in [-0.25, -0.2) is 4.98 Å². The number of hydrogen-bond donors (Lipinski definition) is 1. The molecule has 112 valence electrons. The summed E-state index contributed by atoms with van der Waals surface area (Å²) >= 11 is 0. The van der Waals surface area contributed by atoms with E-state index in [1.807, 2.05) is 18.0 Å². The second-order valence-corrected chi connectivity index (χ2v) is 5.14. The standard InChI is InChI=1S/C13H18N6O2/c1-8-17-18-12(21-8)6-19(2)11-5-10(15-13(14)16-11)9-3-4-20-7-9/h5,9H,3-4,6-7H2,1-2H3,(H2,14,15,16). The van der Waals surface area contributed by atoms with E-state index in [1.54, 1.807) is 6.92 Å². The van der Waals surface area contributed by atoms with Crippen molar-refractivity contribution in [1.82, 2.24) is 20.2 Å². The zero-order valence-corrected chi connectivity index (χ0v) is 12.1. The summed E-state index contributed by atoms with van der Waals surface area (Å²) < 4.78 is 10.8. The number of anilines is 2. The van der Waals surface area contributed by atoms with Gasteiger partial charge < -0.3 is 19.8 Å². The minimum absolute atomic E-state index is 0.267. The Kier molecular flexibility index (Phi) is 3.70. The molecule has 8 nitrogen and oxygen atoms in total. The van der Waals surface area contributed by atoms with Crippen LogP contribution in [0, 0.1) is 6.92 Å². The lowest BCUT2D eigenvalue weighted by Gasteiger charge is -2.18. The number of aryl methyl sites for hydroxylation is 1. The fraction of sp³-hybridized carbons (Fsp3) is 0.538. The van der Waals surface area contributed by atoms with Crippen LogP contribution in [0.15, 0.2) is 10.5 Å². The molecule has 2 N–H and O–H groups in total. The van der Waals surface area contributed by atoms with Crippen molar-refractivity contribution in [1.29, 1.82) is 0 Å². The Bertz CT molecular complexity index is 623. The van der Waals surface area contributed by atoms with Crippen molar-refractivity contribution in [2.45, 2.75) is 25.8 Å². The van der Waals surface area contributed by atoms with Gasteiger partial charge in [-0.2, -0.15) is 4.98 Å². The first-order valence-corrected chi connectivity index (χ1v) is 6.84. The van der Waals surface area contributed by atoms with Gasteiger partial charge in [-0.3, -0.25) is 0 Å². The lowest BCUT2D eigenvalue weighted by molar-refractivity contribution is 0.193. The van der Waals surface area contributed by atoms with Gasteiger partial charge in [-0.15, -0.1) is 10.2 Å². The van der Waals surface area contributed by atoms with Crippen LogP contribution >= 0.6 is 0 Å². The summed E-state index contributed by atoms with van der Waals surface area (Å²) in [6.45, 7) is 3.68. The first-order valence-electron chi connectivity index (χ1n) is 6.84. The van der Waals surface area contributed by atoms with Crippen LogP contribution in [-0.2, 0) is 11.3 Å². The normalized spacial score (nSPS) is 18.1. The van der Waals surface area contributed by atoms with E-state index in [9.17, 15) is 0 Å². The second kappa shape index (κ2) is 5.65. The van der Waals surface area contributed by atoms with Crippen molar-refractivity contribution in [3.63, 3.8) is 0 Å². The van der Waals surface area contributed by atoms with Crippen LogP contribution in [0.1, 0.15) is 29.8 Å². The summed E-state index contributed by atoms with van der Waals surface area (Å²) in [7, 11) is 1.90.